The third-order valence-corrected chi connectivity index (χ3v) is 4.95. The van der Waals surface area contributed by atoms with Gasteiger partial charge in [0.25, 0.3) is 0 Å². The number of carbonyl (C=O) groups is 1. The molecule has 0 spiro atoms. The maximum atomic E-state index is 13.2. The van der Waals surface area contributed by atoms with E-state index in [1.807, 2.05) is 42.5 Å². The number of fused-ring (bicyclic) bond motifs is 1. The number of halogens is 3. The zero-order valence-electron chi connectivity index (χ0n) is 13.6. The average molecular weight is 388 g/mol. The summed E-state index contributed by atoms with van der Waals surface area (Å²) in [6.45, 7) is 0. The second-order valence-corrected chi connectivity index (χ2v) is 6.63. The van der Waals surface area contributed by atoms with Crippen molar-refractivity contribution in [1.82, 2.24) is 9.38 Å². The first-order valence-corrected chi connectivity index (χ1v) is 8.70. The summed E-state index contributed by atoms with van der Waals surface area (Å²) in [5.74, 6) is -1.67. The molecule has 136 valence electrons. The Hall–Kier alpha value is -3.13. The number of thiazole rings is 1. The molecule has 2 aromatic heterocycles. The van der Waals surface area contributed by atoms with Gasteiger partial charge in [-0.3, -0.25) is 4.40 Å². The van der Waals surface area contributed by atoms with Crippen LogP contribution in [0.5, 0.6) is 0 Å². The van der Waals surface area contributed by atoms with Crippen molar-refractivity contribution in [2.45, 2.75) is 6.18 Å². The minimum Gasteiger partial charge on any atom is -0.476 e. The highest BCUT2D eigenvalue weighted by atomic mass is 32.1. The minimum atomic E-state index is -4.84. The summed E-state index contributed by atoms with van der Waals surface area (Å²) in [6, 6.07) is 16.8. The Morgan fingerprint density at radius 3 is 2.15 bits per heavy atom. The van der Waals surface area contributed by atoms with Crippen molar-refractivity contribution >= 4 is 22.3 Å². The van der Waals surface area contributed by atoms with E-state index in [1.165, 1.54) is 0 Å². The Bertz CT molecular complexity index is 1130. The van der Waals surface area contributed by atoms with E-state index < -0.39 is 23.5 Å². The SMILES string of the molecule is O=C(O)c1c(C(F)(F)F)nc2scc(-c3ccc(-c4ccccc4)cc3)n12. The highest BCUT2D eigenvalue weighted by molar-refractivity contribution is 7.15. The summed E-state index contributed by atoms with van der Waals surface area (Å²) in [5, 5.41) is 10.9. The zero-order valence-corrected chi connectivity index (χ0v) is 14.4. The molecule has 2 aromatic carbocycles. The van der Waals surface area contributed by atoms with Crippen molar-refractivity contribution in [3.05, 3.63) is 71.4 Å². The van der Waals surface area contributed by atoms with Crippen LogP contribution >= 0.6 is 11.3 Å². The molecular formula is C19H11F3N2O2S. The van der Waals surface area contributed by atoms with Gasteiger partial charge in [-0.1, -0.05) is 54.6 Å². The van der Waals surface area contributed by atoms with Gasteiger partial charge in [0.05, 0.1) is 5.69 Å². The fraction of sp³-hybridized carbons (Fsp3) is 0.0526. The van der Waals surface area contributed by atoms with E-state index in [2.05, 4.69) is 4.98 Å². The van der Waals surface area contributed by atoms with Gasteiger partial charge in [0, 0.05) is 5.38 Å². The number of nitrogens with zero attached hydrogens (tertiary/aromatic N) is 2. The number of alkyl halides is 3. The number of aromatic carboxylic acids is 1. The van der Waals surface area contributed by atoms with E-state index in [1.54, 1.807) is 17.5 Å². The maximum Gasteiger partial charge on any atom is 0.435 e. The molecule has 0 saturated heterocycles. The smallest absolute Gasteiger partial charge is 0.435 e. The van der Waals surface area contributed by atoms with Crippen molar-refractivity contribution < 1.29 is 23.1 Å². The molecule has 1 N–H and O–H groups in total. The molecule has 0 aliphatic carbocycles. The van der Waals surface area contributed by atoms with Crippen LogP contribution < -0.4 is 0 Å². The monoisotopic (exact) mass is 388 g/mol. The average Bonchev–Trinajstić information content (AvgIpc) is 3.21. The highest BCUT2D eigenvalue weighted by Gasteiger charge is 2.41. The van der Waals surface area contributed by atoms with Crippen LogP contribution in [0.3, 0.4) is 0 Å². The number of carboxylic acids is 1. The predicted molar refractivity (Wildman–Crippen MR) is 95.9 cm³/mol. The number of hydrogen-bond acceptors (Lipinski definition) is 3. The molecule has 4 rings (SSSR count). The van der Waals surface area contributed by atoms with Crippen LogP contribution in [0.2, 0.25) is 0 Å². The van der Waals surface area contributed by atoms with E-state index in [9.17, 15) is 23.1 Å². The van der Waals surface area contributed by atoms with Crippen molar-refractivity contribution in [3.8, 4) is 22.4 Å². The van der Waals surface area contributed by atoms with Crippen LogP contribution in [0.1, 0.15) is 16.2 Å². The fourth-order valence-electron chi connectivity index (χ4n) is 2.92. The lowest BCUT2D eigenvalue weighted by atomic mass is 10.0. The number of rotatable bonds is 3. The maximum absolute atomic E-state index is 13.2. The summed E-state index contributed by atoms with van der Waals surface area (Å²) in [7, 11) is 0. The summed E-state index contributed by atoms with van der Waals surface area (Å²) >= 11 is 0.966. The lowest BCUT2D eigenvalue weighted by Gasteiger charge is -2.07. The normalized spacial score (nSPS) is 11.8. The lowest BCUT2D eigenvalue weighted by molar-refractivity contribution is -0.141. The summed E-state index contributed by atoms with van der Waals surface area (Å²) < 4.78 is 40.5. The summed E-state index contributed by atoms with van der Waals surface area (Å²) in [4.78, 5) is 15.0. The van der Waals surface area contributed by atoms with Crippen LogP contribution in [0, 0.1) is 0 Å². The standard InChI is InChI=1S/C19H11F3N2O2S/c20-19(21,22)16-15(17(25)26)24-14(10-27-18(24)23-16)13-8-6-12(7-9-13)11-4-2-1-3-5-11/h1-10H,(H,25,26). The van der Waals surface area contributed by atoms with Crippen LogP contribution in [-0.4, -0.2) is 20.5 Å². The predicted octanol–water partition coefficient (Wildman–Crippen LogP) is 5.45. The Balaban J connectivity index is 1.85. The Morgan fingerprint density at radius 2 is 1.56 bits per heavy atom. The molecule has 0 aliphatic heterocycles. The molecule has 0 aliphatic rings. The van der Waals surface area contributed by atoms with Gasteiger partial charge in [-0.15, -0.1) is 11.3 Å². The van der Waals surface area contributed by atoms with Gasteiger partial charge in [0.15, 0.2) is 16.3 Å². The molecule has 2 heterocycles. The molecule has 0 fully saturated rings. The Morgan fingerprint density at radius 1 is 0.963 bits per heavy atom. The summed E-state index contributed by atoms with van der Waals surface area (Å²) in [5.41, 5.74) is 0.660. The van der Waals surface area contributed by atoms with E-state index in [0.717, 1.165) is 26.9 Å². The lowest BCUT2D eigenvalue weighted by Crippen LogP contribution is -2.14. The van der Waals surface area contributed by atoms with Gasteiger partial charge in [-0.05, 0) is 16.7 Å². The molecule has 0 atom stereocenters. The largest absolute Gasteiger partial charge is 0.476 e. The number of benzene rings is 2. The molecular weight excluding hydrogens is 377 g/mol. The van der Waals surface area contributed by atoms with Crippen LogP contribution in [0.25, 0.3) is 27.3 Å². The van der Waals surface area contributed by atoms with E-state index in [0.29, 0.717) is 11.3 Å². The number of aromatic nitrogens is 2. The van der Waals surface area contributed by atoms with Gasteiger partial charge >= 0.3 is 12.1 Å². The third kappa shape index (κ3) is 2.97. The molecule has 0 bridgehead atoms. The van der Waals surface area contributed by atoms with Gasteiger partial charge in [0.2, 0.25) is 0 Å². The first-order valence-electron chi connectivity index (χ1n) is 7.82. The van der Waals surface area contributed by atoms with E-state index in [4.69, 9.17) is 0 Å². The molecule has 0 saturated carbocycles. The van der Waals surface area contributed by atoms with Crippen molar-refractivity contribution in [2.75, 3.05) is 0 Å². The van der Waals surface area contributed by atoms with E-state index in [-0.39, 0.29) is 4.96 Å². The van der Waals surface area contributed by atoms with Crippen molar-refractivity contribution in [2.24, 2.45) is 0 Å². The second-order valence-electron chi connectivity index (χ2n) is 5.79. The van der Waals surface area contributed by atoms with Crippen LogP contribution in [0.4, 0.5) is 13.2 Å². The van der Waals surface area contributed by atoms with Gasteiger partial charge < -0.3 is 5.11 Å². The minimum absolute atomic E-state index is 0.0122. The number of hydrogen-bond donors (Lipinski definition) is 1. The Labute approximate surface area is 155 Å². The van der Waals surface area contributed by atoms with Crippen molar-refractivity contribution in [3.63, 3.8) is 0 Å². The second kappa shape index (κ2) is 6.24. The van der Waals surface area contributed by atoms with Gasteiger partial charge in [0.1, 0.15) is 0 Å². The van der Waals surface area contributed by atoms with E-state index >= 15 is 0 Å². The van der Waals surface area contributed by atoms with Crippen LogP contribution in [-0.2, 0) is 6.18 Å². The summed E-state index contributed by atoms with van der Waals surface area (Å²) in [6.07, 6.45) is -4.84. The van der Waals surface area contributed by atoms with Crippen molar-refractivity contribution in [1.29, 1.82) is 0 Å². The zero-order chi connectivity index (χ0) is 19.2. The number of carboxylic acid groups (broad SMARTS) is 1. The van der Waals surface area contributed by atoms with Gasteiger partial charge in [-0.2, -0.15) is 13.2 Å². The topological polar surface area (TPSA) is 54.6 Å². The quantitative estimate of drug-likeness (QED) is 0.508. The van der Waals surface area contributed by atoms with Crippen LogP contribution in [0.15, 0.2) is 60.0 Å². The Kier molecular flexibility index (Phi) is 4.00. The molecule has 0 unspecified atom stereocenters. The molecule has 8 heteroatoms. The third-order valence-electron chi connectivity index (χ3n) is 4.12. The molecule has 0 radical (unpaired) electrons. The number of imidazole rings is 1. The first kappa shape index (κ1) is 17.3. The first-order chi connectivity index (χ1) is 12.9. The molecule has 0 amide bonds. The van der Waals surface area contributed by atoms with Gasteiger partial charge in [-0.25, -0.2) is 9.78 Å². The molecule has 4 nitrogen and oxygen atoms in total. The molecule has 4 aromatic rings. The molecule has 27 heavy (non-hydrogen) atoms. The highest BCUT2D eigenvalue weighted by Crippen LogP contribution is 2.36. The fourth-order valence-corrected chi connectivity index (χ4v) is 3.82.